The van der Waals surface area contributed by atoms with Gasteiger partial charge in [0.15, 0.2) is 0 Å². The zero-order valence-corrected chi connectivity index (χ0v) is 7.99. The van der Waals surface area contributed by atoms with E-state index in [4.69, 9.17) is 23.2 Å². The third-order valence-corrected chi connectivity index (χ3v) is 1.92. The zero-order chi connectivity index (χ0) is 8.97. The normalized spacial score (nSPS) is 9.50. The highest BCUT2D eigenvalue weighted by atomic mass is 35.5. The predicted octanol–water partition coefficient (Wildman–Crippen LogP) is 3.59. The summed E-state index contributed by atoms with van der Waals surface area (Å²) < 4.78 is 0. The molecule has 0 atom stereocenters. The van der Waals surface area contributed by atoms with E-state index in [-0.39, 0.29) is 0 Å². The van der Waals surface area contributed by atoms with Gasteiger partial charge in [0.1, 0.15) is 0 Å². The van der Waals surface area contributed by atoms with Crippen molar-refractivity contribution in [2.45, 2.75) is 0 Å². The van der Waals surface area contributed by atoms with E-state index in [0.717, 1.165) is 5.69 Å². The SMILES string of the molecule is C=CCNc1ccc(Cl)cc1Cl. The number of hydrogen-bond donors (Lipinski definition) is 1. The van der Waals surface area contributed by atoms with Crippen molar-refractivity contribution in [2.24, 2.45) is 0 Å². The van der Waals surface area contributed by atoms with Crippen LogP contribution in [0.2, 0.25) is 10.0 Å². The zero-order valence-electron chi connectivity index (χ0n) is 6.48. The van der Waals surface area contributed by atoms with Crippen molar-refractivity contribution in [3.05, 3.63) is 40.9 Å². The third-order valence-electron chi connectivity index (χ3n) is 1.37. The minimum absolute atomic E-state index is 0.629. The van der Waals surface area contributed by atoms with Gasteiger partial charge in [0.2, 0.25) is 0 Å². The Morgan fingerprint density at radius 1 is 1.42 bits per heavy atom. The first-order chi connectivity index (χ1) is 5.74. The van der Waals surface area contributed by atoms with Crippen LogP contribution in [0.1, 0.15) is 0 Å². The van der Waals surface area contributed by atoms with E-state index in [2.05, 4.69) is 11.9 Å². The van der Waals surface area contributed by atoms with Crippen LogP contribution in [0.5, 0.6) is 0 Å². The summed E-state index contributed by atoms with van der Waals surface area (Å²) in [4.78, 5) is 0. The number of nitrogens with one attached hydrogen (secondary N) is 1. The predicted molar refractivity (Wildman–Crippen MR) is 55.1 cm³/mol. The number of anilines is 1. The Kier molecular flexibility index (Phi) is 3.45. The molecule has 1 aromatic rings. The van der Waals surface area contributed by atoms with Gasteiger partial charge < -0.3 is 5.32 Å². The Labute approximate surface area is 82.0 Å². The second-order valence-electron chi connectivity index (χ2n) is 2.29. The Morgan fingerprint density at radius 2 is 2.17 bits per heavy atom. The highest BCUT2D eigenvalue weighted by molar-refractivity contribution is 6.36. The third kappa shape index (κ3) is 2.43. The summed E-state index contributed by atoms with van der Waals surface area (Å²) in [6.45, 7) is 4.29. The molecule has 0 saturated heterocycles. The molecule has 1 rings (SSSR count). The lowest BCUT2D eigenvalue weighted by Gasteiger charge is -2.05. The van der Waals surface area contributed by atoms with Crippen LogP contribution in [0.4, 0.5) is 5.69 Å². The molecule has 0 aliphatic carbocycles. The van der Waals surface area contributed by atoms with Crippen LogP contribution in [0, 0.1) is 0 Å². The van der Waals surface area contributed by atoms with Gasteiger partial charge in [0.25, 0.3) is 0 Å². The molecule has 3 heteroatoms. The van der Waals surface area contributed by atoms with Crippen LogP contribution < -0.4 is 5.32 Å². The quantitative estimate of drug-likeness (QED) is 0.738. The van der Waals surface area contributed by atoms with Crippen molar-refractivity contribution in [2.75, 3.05) is 11.9 Å². The molecule has 0 saturated carbocycles. The first-order valence-electron chi connectivity index (χ1n) is 3.54. The summed E-state index contributed by atoms with van der Waals surface area (Å²) in [5.74, 6) is 0. The van der Waals surface area contributed by atoms with E-state index in [1.165, 1.54) is 0 Å². The molecule has 0 radical (unpaired) electrons. The first-order valence-corrected chi connectivity index (χ1v) is 4.29. The van der Waals surface area contributed by atoms with E-state index in [0.29, 0.717) is 16.6 Å². The van der Waals surface area contributed by atoms with Gasteiger partial charge in [-0.2, -0.15) is 0 Å². The molecule has 0 aliphatic heterocycles. The van der Waals surface area contributed by atoms with Gasteiger partial charge in [-0.3, -0.25) is 0 Å². The molecule has 1 N–H and O–H groups in total. The maximum atomic E-state index is 5.88. The van der Waals surface area contributed by atoms with Gasteiger partial charge >= 0.3 is 0 Å². The van der Waals surface area contributed by atoms with Crippen molar-refractivity contribution in [3.8, 4) is 0 Å². The molecule has 0 fully saturated rings. The average molecular weight is 202 g/mol. The maximum absolute atomic E-state index is 5.88. The van der Waals surface area contributed by atoms with Crippen LogP contribution in [0.25, 0.3) is 0 Å². The standard InChI is InChI=1S/C9H9Cl2N/c1-2-5-12-9-4-3-7(10)6-8(9)11/h2-4,6,12H,1,5H2. The summed E-state index contributed by atoms with van der Waals surface area (Å²) in [6.07, 6.45) is 1.77. The molecule has 0 aliphatic rings. The first kappa shape index (κ1) is 9.43. The number of benzene rings is 1. The molecule has 0 heterocycles. The lowest BCUT2D eigenvalue weighted by atomic mass is 10.3. The van der Waals surface area contributed by atoms with Crippen LogP contribution in [0.15, 0.2) is 30.9 Å². The van der Waals surface area contributed by atoms with E-state index in [1.54, 1.807) is 18.2 Å². The second kappa shape index (κ2) is 4.39. The molecule has 0 aromatic heterocycles. The molecule has 0 bridgehead atoms. The van der Waals surface area contributed by atoms with Gasteiger partial charge in [-0.25, -0.2) is 0 Å². The highest BCUT2D eigenvalue weighted by Crippen LogP contribution is 2.24. The molecular weight excluding hydrogens is 193 g/mol. The molecule has 0 unspecified atom stereocenters. The van der Waals surface area contributed by atoms with Gasteiger partial charge in [-0.05, 0) is 18.2 Å². The molecule has 0 spiro atoms. The summed E-state index contributed by atoms with van der Waals surface area (Å²) in [6, 6.07) is 5.33. The van der Waals surface area contributed by atoms with Crippen molar-refractivity contribution in [1.82, 2.24) is 0 Å². The lowest BCUT2D eigenvalue weighted by molar-refractivity contribution is 1.34. The Bertz CT molecular complexity index is 284. The number of hydrogen-bond acceptors (Lipinski definition) is 1. The fourth-order valence-electron chi connectivity index (χ4n) is 0.815. The van der Waals surface area contributed by atoms with E-state index < -0.39 is 0 Å². The second-order valence-corrected chi connectivity index (χ2v) is 3.14. The summed E-state index contributed by atoms with van der Waals surface area (Å²) in [5.41, 5.74) is 0.876. The summed E-state index contributed by atoms with van der Waals surface area (Å²) in [7, 11) is 0. The van der Waals surface area contributed by atoms with Crippen molar-refractivity contribution in [1.29, 1.82) is 0 Å². The topological polar surface area (TPSA) is 12.0 Å². The summed E-state index contributed by atoms with van der Waals surface area (Å²) >= 11 is 11.6. The molecule has 12 heavy (non-hydrogen) atoms. The minimum Gasteiger partial charge on any atom is -0.380 e. The fraction of sp³-hybridized carbons (Fsp3) is 0.111. The molecule has 1 nitrogen and oxygen atoms in total. The average Bonchev–Trinajstić information content (AvgIpc) is 2.03. The van der Waals surface area contributed by atoms with Gasteiger partial charge in [-0.1, -0.05) is 29.3 Å². The van der Waals surface area contributed by atoms with E-state index >= 15 is 0 Å². The van der Waals surface area contributed by atoms with Crippen molar-refractivity contribution in [3.63, 3.8) is 0 Å². The van der Waals surface area contributed by atoms with Crippen LogP contribution in [0.3, 0.4) is 0 Å². The molecule has 1 aromatic carbocycles. The largest absolute Gasteiger partial charge is 0.380 e. The smallest absolute Gasteiger partial charge is 0.0652 e. The number of halogens is 2. The van der Waals surface area contributed by atoms with Gasteiger partial charge in [-0.15, -0.1) is 6.58 Å². The minimum atomic E-state index is 0.629. The van der Waals surface area contributed by atoms with Crippen LogP contribution >= 0.6 is 23.2 Å². The monoisotopic (exact) mass is 201 g/mol. The van der Waals surface area contributed by atoms with Gasteiger partial charge in [0, 0.05) is 11.6 Å². The van der Waals surface area contributed by atoms with Crippen molar-refractivity contribution < 1.29 is 0 Å². The molecule has 64 valence electrons. The van der Waals surface area contributed by atoms with Crippen LogP contribution in [-0.4, -0.2) is 6.54 Å². The molecular formula is C9H9Cl2N. The number of rotatable bonds is 3. The Balaban J connectivity index is 2.78. The van der Waals surface area contributed by atoms with E-state index in [9.17, 15) is 0 Å². The summed E-state index contributed by atoms with van der Waals surface area (Å²) in [5, 5.41) is 4.35. The van der Waals surface area contributed by atoms with E-state index in [1.807, 2.05) is 6.07 Å². The lowest BCUT2D eigenvalue weighted by Crippen LogP contribution is -1.97. The molecule has 0 amide bonds. The van der Waals surface area contributed by atoms with Crippen molar-refractivity contribution >= 4 is 28.9 Å². The van der Waals surface area contributed by atoms with Crippen LogP contribution in [-0.2, 0) is 0 Å². The maximum Gasteiger partial charge on any atom is 0.0652 e. The highest BCUT2D eigenvalue weighted by Gasteiger charge is 1.98. The Hall–Kier alpha value is -0.660. The fourth-order valence-corrected chi connectivity index (χ4v) is 1.29. The Morgan fingerprint density at radius 3 is 2.75 bits per heavy atom. The van der Waals surface area contributed by atoms with Gasteiger partial charge in [0.05, 0.1) is 10.7 Å².